The van der Waals surface area contributed by atoms with E-state index >= 15 is 0 Å². The predicted molar refractivity (Wildman–Crippen MR) is 37.7 cm³/mol. The molecule has 0 nitrogen and oxygen atoms in total. The van der Waals surface area contributed by atoms with Crippen molar-refractivity contribution < 1.29 is 4.32 Å². The molecule has 0 heterocycles. The monoisotopic (exact) mass is 121 g/mol. The maximum atomic E-state index is 11.7. The van der Waals surface area contributed by atoms with E-state index in [0.29, 0.717) is 13.0 Å². The Labute approximate surface area is 55.0 Å². The molecular weight excluding hydrogens is 114 g/mol. The number of hydrogen-bond donors (Lipinski definition) is 0. The fraction of sp³-hybridized carbons (Fsp3) is 0.143. The summed E-state index contributed by atoms with van der Waals surface area (Å²) in [7, 11) is 0.597. The summed E-state index contributed by atoms with van der Waals surface area (Å²) in [5.74, 6) is 0. The molecule has 0 amide bonds. The highest BCUT2D eigenvalue weighted by Gasteiger charge is 1.91. The second kappa shape index (κ2) is 2.67. The van der Waals surface area contributed by atoms with Crippen molar-refractivity contribution in [3.8, 4) is 0 Å². The molecule has 0 aliphatic rings. The Morgan fingerprint density at radius 2 is 1.78 bits per heavy atom. The van der Waals surface area contributed by atoms with E-state index in [1.165, 1.54) is 0 Å². The second-order valence-corrected chi connectivity index (χ2v) is 2.02. The van der Waals surface area contributed by atoms with Gasteiger partial charge in [0.05, 0.1) is 0 Å². The van der Waals surface area contributed by atoms with Gasteiger partial charge in [0, 0.05) is 0 Å². The lowest BCUT2D eigenvalue weighted by Gasteiger charge is -1.91. The SMILES string of the molecule is Cc1ccc([B]F)cc1. The normalized spacial score (nSPS) is 9.11. The van der Waals surface area contributed by atoms with Crippen molar-refractivity contribution >= 4 is 13.0 Å². The molecule has 0 spiro atoms. The molecule has 0 aromatic heterocycles. The highest BCUT2D eigenvalue weighted by atomic mass is 19.1. The van der Waals surface area contributed by atoms with E-state index in [-0.39, 0.29) is 0 Å². The molecule has 0 saturated heterocycles. The van der Waals surface area contributed by atoms with Crippen molar-refractivity contribution in [3.05, 3.63) is 29.8 Å². The molecule has 1 rings (SSSR count). The highest BCUT2D eigenvalue weighted by molar-refractivity contribution is 6.46. The first-order valence-electron chi connectivity index (χ1n) is 2.83. The topological polar surface area (TPSA) is 0 Å². The maximum Gasteiger partial charge on any atom is 0.391 e. The quantitative estimate of drug-likeness (QED) is 0.490. The van der Waals surface area contributed by atoms with E-state index in [9.17, 15) is 4.32 Å². The van der Waals surface area contributed by atoms with Gasteiger partial charge in [-0.2, -0.15) is 0 Å². The maximum absolute atomic E-state index is 11.7. The van der Waals surface area contributed by atoms with E-state index < -0.39 is 0 Å². The zero-order valence-corrected chi connectivity index (χ0v) is 5.26. The van der Waals surface area contributed by atoms with Crippen LogP contribution in [-0.4, -0.2) is 7.56 Å². The first-order valence-corrected chi connectivity index (χ1v) is 2.83. The van der Waals surface area contributed by atoms with Crippen LogP contribution in [0.4, 0.5) is 4.32 Å². The first-order chi connectivity index (χ1) is 4.33. The zero-order chi connectivity index (χ0) is 6.69. The molecule has 1 aromatic carbocycles. The first kappa shape index (κ1) is 6.34. The fourth-order valence-corrected chi connectivity index (χ4v) is 0.639. The molecular formula is C7H7BF. The molecule has 0 fully saturated rings. The fourth-order valence-electron chi connectivity index (χ4n) is 0.639. The molecule has 1 aromatic rings. The summed E-state index contributed by atoms with van der Waals surface area (Å²) in [6.45, 7) is 1.97. The van der Waals surface area contributed by atoms with Gasteiger partial charge in [0.25, 0.3) is 0 Å². The van der Waals surface area contributed by atoms with Crippen LogP contribution in [0.3, 0.4) is 0 Å². The van der Waals surface area contributed by atoms with Gasteiger partial charge in [-0.3, -0.25) is 0 Å². The van der Waals surface area contributed by atoms with Gasteiger partial charge in [0.15, 0.2) is 0 Å². The van der Waals surface area contributed by atoms with Crippen LogP contribution in [0.1, 0.15) is 5.56 Å². The summed E-state index contributed by atoms with van der Waals surface area (Å²) in [5.41, 5.74) is 1.78. The molecule has 9 heavy (non-hydrogen) atoms. The summed E-state index contributed by atoms with van der Waals surface area (Å²) in [6, 6.07) is 7.25. The van der Waals surface area contributed by atoms with Crippen LogP contribution >= 0.6 is 0 Å². The third-order valence-corrected chi connectivity index (χ3v) is 1.20. The Morgan fingerprint density at radius 3 is 2.22 bits per heavy atom. The van der Waals surface area contributed by atoms with Crippen molar-refractivity contribution in [3.63, 3.8) is 0 Å². The molecule has 0 saturated carbocycles. The van der Waals surface area contributed by atoms with Crippen LogP contribution in [0.25, 0.3) is 0 Å². The smallest absolute Gasteiger partial charge is 0.335 e. The summed E-state index contributed by atoms with van der Waals surface area (Å²) in [5, 5.41) is 0. The lowest BCUT2D eigenvalue weighted by molar-refractivity contribution is 0.885. The molecule has 2 heteroatoms. The van der Waals surface area contributed by atoms with E-state index in [1.807, 2.05) is 19.1 Å². The van der Waals surface area contributed by atoms with Crippen LogP contribution in [0, 0.1) is 6.92 Å². The molecule has 0 aliphatic heterocycles. The number of hydrogen-bond acceptors (Lipinski definition) is 0. The van der Waals surface area contributed by atoms with E-state index in [4.69, 9.17) is 0 Å². The summed E-state index contributed by atoms with van der Waals surface area (Å²) in [6.07, 6.45) is 0. The van der Waals surface area contributed by atoms with Crippen molar-refractivity contribution in [2.24, 2.45) is 0 Å². The summed E-state index contributed by atoms with van der Waals surface area (Å²) in [4.78, 5) is 0. The third kappa shape index (κ3) is 1.56. The average Bonchev–Trinajstić information content (AvgIpc) is 1.90. The number of benzene rings is 1. The largest absolute Gasteiger partial charge is 0.391 e. The van der Waals surface area contributed by atoms with Crippen LogP contribution < -0.4 is 5.46 Å². The van der Waals surface area contributed by atoms with Crippen molar-refractivity contribution in [2.75, 3.05) is 0 Å². The van der Waals surface area contributed by atoms with E-state index in [0.717, 1.165) is 5.56 Å². The van der Waals surface area contributed by atoms with Crippen molar-refractivity contribution in [2.45, 2.75) is 6.92 Å². The van der Waals surface area contributed by atoms with Gasteiger partial charge in [0.2, 0.25) is 0 Å². The minimum absolute atomic E-state index is 0.597. The Bertz CT molecular complexity index is 181. The lowest BCUT2D eigenvalue weighted by atomic mass is 9.91. The number of aryl methyl sites for hydroxylation is 1. The minimum atomic E-state index is 0.597. The highest BCUT2D eigenvalue weighted by Crippen LogP contribution is 1.91. The number of halogens is 1. The van der Waals surface area contributed by atoms with Crippen LogP contribution in [0.15, 0.2) is 24.3 Å². The van der Waals surface area contributed by atoms with Crippen LogP contribution in [-0.2, 0) is 0 Å². The van der Waals surface area contributed by atoms with Gasteiger partial charge in [0.1, 0.15) is 0 Å². The second-order valence-electron chi connectivity index (χ2n) is 2.02. The Balaban J connectivity index is 2.88. The van der Waals surface area contributed by atoms with Gasteiger partial charge in [-0.1, -0.05) is 29.8 Å². The van der Waals surface area contributed by atoms with Gasteiger partial charge in [-0.15, -0.1) is 0 Å². The summed E-state index contributed by atoms with van der Waals surface area (Å²) < 4.78 is 11.7. The molecule has 0 bridgehead atoms. The van der Waals surface area contributed by atoms with E-state index in [1.54, 1.807) is 12.1 Å². The van der Waals surface area contributed by atoms with Crippen molar-refractivity contribution in [1.82, 2.24) is 0 Å². The van der Waals surface area contributed by atoms with Gasteiger partial charge >= 0.3 is 7.56 Å². The molecule has 0 atom stereocenters. The molecule has 1 radical (unpaired) electrons. The Kier molecular flexibility index (Phi) is 1.88. The van der Waals surface area contributed by atoms with E-state index in [2.05, 4.69) is 0 Å². The average molecular weight is 121 g/mol. The zero-order valence-electron chi connectivity index (χ0n) is 5.26. The van der Waals surface area contributed by atoms with Crippen molar-refractivity contribution in [1.29, 1.82) is 0 Å². The van der Waals surface area contributed by atoms with Crippen LogP contribution in [0.5, 0.6) is 0 Å². The van der Waals surface area contributed by atoms with Gasteiger partial charge in [-0.05, 0) is 12.4 Å². The number of rotatable bonds is 1. The Morgan fingerprint density at radius 1 is 1.22 bits per heavy atom. The molecule has 45 valence electrons. The molecule has 0 N–H and O–H groups in total. The molecule has 0 aliphatic carbocycles. The predicted octanol–water partition coefficient (Wildman–Crippen LogP) is 1.21. The van der Waals surface area contributed by atoms with Crippen LogP contribution in [0.2, 0.25) is 0 Å². The Hall–Kier alpha value is -0.785. The summed E-state index contributed by atoms with van der Waals surface area (Å²) >= 11 is 0. The van der Waals surface area contributed by atoms with Gasteiger partial charge < -0.3 is 4.32 Å². The lowest BCUT2D eigenvalue weighted by Crippen LogP contribution is -2.07. The standard InChI is InChI=1S/C7H7BF/c1-6-2-4-7(8-9)5-3-6/h2-5H,1H3. The third-order valence-electron chi connectivity index (χ3n) is 1.20. The molecule has 0 unspecified atom stereocenters. The minimum Gasteiger partial charge on any atom is -0.335 e. The van der Waals surface area contributed by atoms with Gasteiger partial charge in [-0.25, -0.2) is 0 Å².